The first kappa shape index (κ1) is 10.3. The van der Waals surface area contributed by atoms with Gasteiger partial charge in [0.15, 0.2) is 5.82 Å². The van der Waals surface area contributed by atoms with Crippen LogP contribution in [-0.2, 0) is 0 Å². The lowest BCUT2D eigenvalue weighted by Crippen LogP contribution is -2.33. The summed E-state index contributed by atoms with van der Waals surface area (Å²) < 4.78 is 5.40. The largest absolute Gasteiger partial charge is 0.338 e. The standard InChI is InChI=1S/C12H19N3O/c1-7-4-3-5-13-10(7)12-14-11(15-16-12)9-6-8(9)2/h7-10,13H,3-6H2,1-2H3. The van der Waals surface area contributed by atoms with E-state index in [0.717, 1.165) is 24.2 Å². The average Bonchev–Trinajstić information content (AvgIpc) is 2.82. The molecule has 3 rings (SSSR count). The summed E-state index contributed by atoms with van der Waals surface area (Å²) in [6.07, 6.45) is 3.71. The van der Waals surface area contributed by atoms with Crippen LogP contribution in [0.5, 0.6) is 0 Å². The Balaban J connectivity index is 1.75. The smallest absolute Gasteiger partial charge is 0.244 e. The van der Waals surface area contributed by atoms with Crippen LogP contribution in [0.1, 0.15) is 56.8 Å². The summed E-state index contributed by atoms with van der Waals surface area (Å²) in [6, 6.07) is 0.268. The van der Waals surface area contributed by atoms with Crippen molar-refractivity contribution >= 4 is 0 Å². The van der Waals surface area contributed by atoms with Crippen LogP contribution in [-0.4, -0.2) is 16.7 Å². The Morgan fingerprint density at radius 1 is 1.31 bits per heavy atom. The van der Waals surface area contributed by atoms with Crippen molar-refractivity contribution in [3.63, 3.8) is 0 Å². The Morgan fingerprint density at radius 3 is 2.81 bits per heavy atom. The first-order chi connectivity index (χ1) is 7.75. The Labute approximate surface area is 95.8 Å². The van der Waals surface area contributed by atoms with Gasteiger partial charge in [-0.3, -0.25) is 0 Å². The van der Waals surface area contributed by atoms with Gasteiger partial charge in [0.1, 0.15) is 0 Å². The third-order valence-electron chi connectivity index (χ3n) is 3.93. The van der Waals surface area contributed by atoms with Gasteiger partial charge in [-0.05, 0) is 37.6 Å². The van der Waals surface area contributed by atoms with Crippen molar-refractivity contribution in [2.45, 2.75) is 45.1 Å². The summed E-state index contributed by atoms with van der Waals surface area (Å²) in [5.41, 5.74) is 0. The number of piperidine rings is 1. The third-order valence-corrected chi connectivity index (χ3v) is 3.93. The van der Waals surface area contributed by atoms with Crippen LogP contribution in [0.25, 0.3) is 0 Å². The summed E-state index contributed by atoms with van der Waals surface area (Å²) in [5, 5.41) is 7.58. The molecule has 1 N–H and O–H groups in total. The second-order valence-corrected chi connectivity index (χ2v) is 5.36. The van der Waals surface area contributed by atoms with Crippen LogP contribution in [0.2, 0.25) is 0 Å². The van der Waals surface area contributed by atoms with Gasteiger partial charge in [-0.25, -0.2) is 0 Å². The molecule has 4 atom stereocenters. The Kier molecular flexibility index (Phi) is 2.46. The van der Waals surface area contributed by atoms with E-state index in [4.69, 9.17) is 4.52 Å². The molecule has 2 heterocycles. The summed E-state index contributed by atoms with van der Waals surface area (Å²) >= 11 is 0. The predicted octanol–water partition coefficient (Wildman–Crippen LogP) is 2.25. The van der Waals surface area contributed by atoms with E-state index >= 15 is 0 Å². The van der Waals surface area contributed by atoms with E-state index in [2.05, 4.69) is 29.3 Å². The molecule has 4 nitrogen and oxygen atoms in total. The van der Waals surface area contributed by atoms with E-state index in [9.17, 15) is 0 Å². The highest BCUT2D eigenvalue weighted by molar-refractivity contribution is 5.09. The van der Waals surface area contributed by atoms with Crippen molar-refractivity contribution in [3.8, 4) is 0 Å². The first-order valence-corrected chi connectivity index (χ1v) is 6.32. The molecule has 2 aliphatic rings. The lowest BCUT2D eigenvalue weighted by molar-refractivity contribution is 0.239. The van der Waals surface area contributed by atoms with Gasteiger partial charge in [0.2, 0.25) is 5.89 Å². The number of hydrogen-bond donors (Lipinski definition) is 1. The van der Waals surface area contributed by atoms with E-state index in [-0.39, 0.29) is 6.04 Å². The molecule has 88 valence electrons. The highest BCUT2D eigenvalue weighted by Crippen LogP contribution is 2.45. The van der Waals surface area contributed by atoms with Crippen molar-refractivity contribution in [1.29, 1.82) is 0 Å². The molecule has 4 unspecified atom stereocenters. The van der Waals surface area contributed by atoms with E-state index in [1.807, 2.05) is 0 Å². The molecular formula is C12H19N3O. The van der Waals surface area contributed by atoms with Gasteiger partial charge < -0.3 is 9.84 Å². The predicted molar refractivity (Wildman–Crippen MR) is 60.0 cm³/mol. The molecule has 16 heavy (non-hydrogen) atoms. The molecule has 4 heteroatoms. The Bertz CT molecular complexity index is 376. The maximum absolute atomic E-state index is 5.40. The molecule has 0 bridgehead atoms. The minimum atomic E-state index is 0.268. The number of aromatic nitrogens is 2. The fourth-order valence-electron chi connectivity index (χ4n) is 2.59. The molecule has 2 fully saturated rings. The van der Waals surface area contributed by atoms with E-state index in [1.165, 1.54) is 19.3 Å². The van der Waals surface area contributed by atoms with Gasteiger partial charge in [0, 0.05) is 5.92 Å². The molecular weight excluding hydrogens is 202 g/mol. The van der Waals surface area contributed by atoms with E-state index in [0.29, 0.717) is 11.8 Å². The number of rotatable bonds is 2. The van der Waals surface area contributed by atoms with Crippen molar-refractivity contribution in [3.05, 3.63) is 11.7 Å². The molecule has 0 spiro atoms. The molecule has 0 radical (unpaired) electrons. The van der Waals surface area contributed by atoms with Crippen LogP contribution < -0.4 is 5.32 Å². The average molecular weight is 221 g/mol. The van der Waals surface area contributed by atoms with Crippen LogP contribution in [0.4, 0.5) is 0 Å². The Hall–Kier alpha value is -0.900. The number of nitrogens with one attached hydrogen (secondary N) is 1. The van der Waals surface area contributed by atoms with Gasteiger partial charge >= 0.3 is 0 Å². The maximum Gasteiger partial charge on any atom is 0.244 e. The van der Waals surface area contributed by atoms with Crippen LogP contribution >= 0.6 is 0 Å². The molecule has 1 saturated heterocycles. The van der Waals surface area contributed by atoms with Gasteiger partial charge in [-0.1, -0.05) is 19.0 Å². The monoisotopic (exact) mass is 221 g/mol. The molecule has 1 aromatic rings. The highest BCUT2D eigenvalue weighted by Gasteiger charge is 2.39. The topological polar surface area (TPSA) is 51.0 Å². The van der Waals surface area contributed by atoms with Crippen molar-refractivity contribution < 1.29 is 4.52 Å². The number of nitrogens with zero attached hydrogens (tertiary/aromatic N) is 2. The first-order valence-electron chi connectivity index (χ1n) is 6.32. The van der Waals surface area contributed by atoms with E-state index < -0.39 is 0 Å². The minimum absolute atomic E-state index is 0.268. The fourth-order valence-corrected chi connectivity index (χ4v) is 2.59. The summed E-state index contributed by atoms with van der Waals surface area (Å²) in [4.78, 5) is 4.56. The second kappa shape index (κ2) is 3.84. The van der Waals surface area contributed by atoms with Gasteiger partial charge in [-0.15, -0.1) is 0 Å². The zero-order valence-electron chi connectivity index (χ0n) is 9.94. The van der Waals surface area contributed by atoms with Gasteiger partial charge in [0.05, 0.1) is 6.04 Å². The van der Waals surface area contributed by atoms with Gasteiger partial charge in [-0.2, -0.15) is 4.98 Å². The summed E-state index contributed by atoms with van der Waals surface area (Å²) in [5.74, 6) is 3.60. The number of hydrogen-bond acceptors (Lipinski definition) is 4. The zero-order chi connectivity index (χ0) is 11.1. The van der Waals surface area contributed by atoms with Crippen molar-refractivity contribution in [2.24, 2.45) is 11.8 Å². The normalized spacial score (nSPS) is 38.6. The maximum atomic E-state index is 5.40. The summed E-state index contributed by atoms with van der Waals surface area (Å²) in [7, 11) is 0. The third kappa shape index (κ3) is 1.75. The molecule has 1 saturated carbocycles. The van der Waals surface area contributed by atoms with Gasteiger partial charge in [0.25, 0.3) is 0 Å². The SMILES string of the molecule is CC1CC1c1noc(C2NCCCC2C)n1. The molecule has 1 aromatic heterocycles. The molecule has 1 aliphatic heterocycles. The van der Waals surface area contributed by atoms with E-state index in [1.54, 1.807) is 0 Å². The molecule has 1 aliphatic carbocycles. The lowest BCUT2D eigenvalue weighted by Gasteiger charge is -2.26. The second-order valence-electron chi connectivity index (χ2n) is 5.36. The molecule has 0 amide bonds. The van der Waals surface area contributed by atoms with Crippen LogP contribution in [0.3, 0.4) is 0 Å². The summed E-state index contributed by atoms with van der Waals surface area (Å²) in [6.45, 7) is 5.55. The molecule has 0 aromatic carbocycles. The highest BCUT2D eigenvalue weighted by atomic mass is 16.5. The Morgan fingerprint density at radius 2 is 2.12 bits per heavy atom. The lowest BCUT2D eigenvalue weighted by atomic mass is 9.93. The quantitative estimate of drug-likeness (QED) is 0.832. The van der Waals surface area contributed by atoms with Crippen LogP contribution in [0.15, 0.2) is 4.52 Å². The zero-order valence-corrected chi connectivity index (χ0v) is 9.94. The fraction of sp³-hybridized carbons (Fsp3) is 0.833. The van der Waals surface area contributed by atoms with Crippen molar-refractivity contribution in [2.75, 3.05) is 6.54 Å². The minimum Gasteiger partial charge on any atom is -0.338 e. The van der Waals surface area contributed by atoms with Crippen LogP contribution in [0, 0.1) is 11.8 Å². The van der Waals surface area contributed by atoms with Crippen molar-refractivity contribution in [1.82, 2.24) is 15.5 Å².